The van der Waals surface area contributed by atoms with Crippen molar-refractivity contribution in [1.82, 2.24) is 5.32 Å². The van der Waals surface area contributed by atoms with Crippen molar-refractivity contribution in [2.75, 3.05) is 33.0 Å². The fourth-order valence-corrected chi connectivity index (χ4v) is 0.835. The van der Waals surface area contributed by atoms with Crippen LogP contribution < -0.4 is 5.32 Å². The predicted octanol–water partition coefficient (Wildman–Crippen LogP) is 1.13. The van der Waals surface area contributed by atoms with E-state index in [2.05, 4.69) is 19.2 Å². The molecule has 5 nitrogen and oxygen atoms in total. The van der Waals surface area contributed by atoms with Gasteiger partial charge in [0.15, 0.2) is 0 Å². The largest absolute Gasteiger partial charge is 0.377 e. The number of hydrogen-bond acceptors (Lipinski definition) is 4. The molecule has 0 radical (unpaired) electrons. The van der Waals surface area contributed by atoms with Crippen molar-refractivity contribution in [3.63, 3.8) is 0 Å². The fourth-order valence-electron chi connectivity index (χ4n) is 0.835. The first-order valence-corrected chi connectivity index (χ1v) is 5.73. The Hall–Kier alpha value is -0.650. The average molecular weight is 233 g/mol. The van der Waals surface area contributed by atoms with Gasteiger partial charge in [-0.05, 0) is 5.92 Å². The zero-order valence-electron chi connectivity index (χ0n) is 10.5. The van der Waals surface area contributed by atoms with Gasteiger partial charge in [-0.3, -0.25) is 4.79 Å². The van der Waals surface area contributed by atoms with Crippen molar-refractivity contribution in [2.45, 2.75) is 27.2 Å². The predicted molar refractivity (Wildman–Crippen MR) is 60.9 cm³/mol. The van der Waals surface area contributed by atoms with Gasteiger partial charge in [0.2, 0.25) is 5.91 Å². The molecule has 0 rings (SSSR count). The molecule has 1 unspecified atom stereocenters. The summed E-state index contributed by atoms with van der Waals surface area (Å²) in [5.74, 6) is 0.470. The molecule has 0 aliphatic heterocycles. The molecule has 1 amide bonds. The van der Waals surface area contributed by atoms with Gasteiger partial charge in [0.05, 0.1) is 19.8 Å². The normalized spacial score (nSPS) is 12.4. The lowest BCUT2D eigenvalue weighted by Gasteiger charge is -2.08. The first-order chi connectivity index (χ1) is 7.66. The van der Waals surface area contributed by atoms with Gasteiger partial charge in [0, 0.05) is 13.5 Å². The van der Waals surface area contributed by atoms with Gasteiger partial charge in [0.1, 0.15) is 6.61 Å². The van der Waals surface area contributed by atoms with E-state index in [-0.39, 0.29) is 5.91 Å². The van der Waals surface area contributed by atoms with E-state index in [0.717, 1.165) is 6.42 Å². The molecule has 0 aromatic rings. The molecule has 0 aromatic carbocycles. The van der Waals surface area contributed by atoms with E-state index in [1.54, 1.807) is 0 Å². The Labute approximate surface area is 97.4 Å². The minimum atomic E-state index is -0.0447. The van der Waals surface area contributed by atoms with Crippen molar-refractivity contribution in [3.8, 4) is 0 Å². The van der Waals surface area contributed by atoms with Gasteiger partial charge in [0.25, 0.3) is 0 Å². The van der Waals surface area contributed by atoms with E-state index in [1.165, 1.54) is 6.92 Å². The summed E-state index contributed by atoms with van der Waals surface area (Å²) in [5, 5.41) is 2.63. The van der Waals surface area contributed by atoms with Crippen LogP contribution in [0.15, 0.2) is 0 Å². The van der Waals surface area contributed by atoms with Crippen LogP contribution in [-0.4, -0.2) is 38.9 Å². The zero-order valence-corrected chi connectivity index (χ0v) is 10.5. The standard InChI is InChI=1S/C11H23NO4/c1-4-10(2)9-16-15-8-7-14-6-5-12-11(3)13/h10H,4-9H2,1-3H3,(H,12,13). The van der Waals surface area contributed by atoms with Crippen molar-refractivity contribution >= 4 is 5.91 Å². The molecule has 0 fully saturated rings. The molecule has 0 aliphatic rings. The van der Waals surface area contributed by atoms with Crippen LogP contribution in [-0.2, 0) is 19.3 Å². The number of hydrogen-bond donors (Lipinski definition) is 1. The maximum absolute atomic E-state index is 10.5. The van der Waals surface area contributed by atoms with Crippen molar-refractivity contribution < 1.29 is 19.3 Å². The lowest BCUT2D eigenvalue weighted by Crippen LogP contribution is -2.25. The van der Waals surface area contributed by atoms with Gasteiger partial charge in [-0.15, -0.1) is 0 Å². The van der Waals surface area contributed by atoms with Crippen LogP contribution in [0.1, 0.15) is 27.2 Å². The fraction of sp³-hybridized carbons (Fsp3) is 0.909. The Kier molecular flexibility index (Phi) is 10.4. The highest BCUT2D eigenvalue weighted by atomic mass is 17.2. The average Bonchev–Trinajstić information content (AvgIpc) is 2.26. The second-order valence-electron chi connectivity index (χ2n) is 3.72. The Morgan fingerprint density at radius 1 is 1.25 bits per heavy atom. The second-order valence-corrected chi connectivity index (χ2v) is 3.72. The molecule has 0 spiro atoms. The monoisotopic (exact) mass is 233 g/mol. The Morgan fingerprint density at radius 3 is 2.62 bits per heavy atom. The van der Waals surface area contributed by atoms with E-state index in [9.17, 15) is 4.79 Å². The Balaban J connectivity index is 3.01. The summed E-state index contributed by atoms with van der Waals surface area (Å²) in [6, 6.07) is 0. The molecule has 0 aromatic heterocycles. The topological polar surface area (TPSA) is 56.8 Å². The smallest absolute Gasteiger partial charge is 0.216 e. The van der Waals surface area contributed by atoms with E-state index in [1.807, 2.05) is 0 Å². The Bertz CT molecular complexity index is 175. The SMILES string of the molecule is CCC(C)COOCCOCCNC(C)=O. The molecule has 0 bridgehead atoms. The van der Waals surface area contributed by atoms with Crippen LogP contribution in [0.25, 0.3) is 0 Å². The molecule has 0 aliphatic carbocycles. The van der Waals surface area contributed by atoms with Gasteiger partial charge in [-0.25, -0.2) is 9.78 Å². The maximum Gasteiger partial charge on any atom is 0.216 e. The van der Waals surface area contributed by atoms with E-state index >= 15 is 0 Å². The lowest BCUT2D eigenvalue weighted by atomic mass is 10.1. The third kappa shape index (κ3) is 11.4. The summed E-state index contributed by atoms with van der Waals surface area (Å²) in [6.07, 6.45) is 1.08. The number of carbonyl (C=O) groups excluding carboxylic acids is 1. The zero-order chi connectivity index (χ0) is 12.2. The van der Waals surface area contributed by atoms with Gasteiger partial charge in [-0.1, -0.05) is 20.3 Å². The number of rotatable bonds is 10. The molecule has 0 heterocycles. The second kappa shape index (κ2) is 10.9. The van der Waals surface area contributed by atoms with Crippen LogP contribution >= 0.6 is 0 Å². The minimum absolute atomic E-state index is 0.0447. The number of amides is 1. The summed E-state index contributed by atoms with van der Waals surface area (Å²) >= 11 is 0. The summed E-state index contributed by atoms with van der Waals surface area (Å²) in [6.45, 7) is 8.22. The highest BCUT2D eigenvalue weighted by molar-refractivity contribution is 5.72. The Morgan fingerprint density at radius 2 is 2.00 bits per heavy atom. The maximum atomic E-state index is 10.5. The molecule has 96 valence electrons. The first-order valence-electron chi connectivity index (χ1n) is 5.73. The minimum Gasteiger partial charge on any atom is -0.377 e. The van der Waals surface area contributed by atoms with Crippen LogP contribution in [0.4, 0.5) is 0 Å². The van der Waals surface area contributed by atoms with E-state index in [4.69, 9.17) is 14.5 Å². The van der Waals surface area contributed by atoms with Crippen LogP contribution in [0.2, 0.25) is 0 Å². The number of nitrogens with one attached hydrogen (secondary N) is 1. The van der Waals surface area contributed by atoms with Crippen LogP contribution in [0.5, 0.6) is 0 Å². The summed E-state index contributed by atoms with van der Waals surface area (Å²) < 4.78 is 5.20. The molecule has 0 saturated carbocycles. The van der Waals surface area contributed by atoms with E-state index < -0.39 is 0 Å². The third-order valence-corrected chi connectivity index (χ3v) is 2.06. The number of ether oxygens (including phenoxy) is 1. The molecular formula is C11H23NO4. The highest BCUT2D eigenvalue weighted by Gasteiger charge is 1.98. The van der Waals surface area contributed by atoms with Crippen molar-refractivity contribution in [2.24, 2.45) is 5.92 Å². The third-order valence-electron chi connectivity index (χ3n) is 2.06. The summed E-state index contributed by atoms with van der Waals surface area (Å²) in [4.78, 5) is 20.4. The molecule has 1 N–H and O–H groups in total. The highest BCUT2D eigenvalue weighted by Crippen LogP contribution is 2.00. The van der Waals surface area contributed by atoms with E-state index in [0.29, 0.717) is 38.9 Å². The quantitative estimate of drug-likeness (QED) is 0.349. The molecule has 16 heavy (non-hydrogen) atoms. The van der Waals surface area contributed by atoms with Crippen LogP contribution in [0, 0.1) is 5.92 Å². The number of carbonyl (C=O) groups is 1. The summed E-state index contributed by atoms with van der Waals surface area (Å²) in [7, 11) is 0. The lowest BCUT2D eigenvalue weighted by molar-refractivity contribution is -0.304. The van der Waals surface area contributed by atoms with Crippen molar-refractivity contribution in [3.05, 3.63) is 0 Å². The van der Waals surface area contributed by atoms with Crippen LogP contribution in [0.3, 0.4) is 0 Å². The molecular weight excluding hydrogens is 210 g/mol. The van der Waals surface area contributed by atoms with Gasteiger partial charge >= 0.3 is 0 Å². The summed E-state index contributed by atoms with van der Waals surface area (Å²) in [5.41, 5.74) is 0. The molecule has 5 heteroatoms. The van der Waals surface area contributed by atoms with Gasteiger partial charge < -0.3 is 10.1 Å². The van der Waals surface area contributed by atoms with Gasteiger partial charge in [-0.2, -0.15) is 0 Å². The first kappa shape index (κ1) is 15.3. The molecule has 1 atom stereocenters. The molecule has 0 saturated heterocycles. The van der Waals surface area contributed by atoms with Crippen molar-refractivity contribution in [1.29, 1.82) is 0 Å².